The third kappa shape index (κ3) is 7.17. The van der Waals surface area contributed by atoms with E-state index in [9.17, 15) is 9.59 Å². The van der Waals surface area contributed by atoms with E-state index in [1.165, 1.54) is 11.8 Å². The minimum atomic E-state index is -0.375. The van der Waals surface area contributed by atoms with E-state index in [0.29, 0.717) is 29.0 Å². The lowest BCUT2D eigenvalue weighted by Gasteiger charge is -2.16. The maximum atomic E-state index is 12.7. The number of halogens is 1. The Morgan fingerprint density at radius 2 is 1.86 bits per heavy atom. The maximum absolute atomic E-state index is 12.7. The fourth-order valence-corrected chi connectivity index (χ4v) is 4.79. The summed E-state index contributed by atoms with van der Waals surface area (Å²) in [4.78, 5) is 25.4. The summed E-state index contributed by atoms with van der Waals surface area (Å²) in [5, 5.41) is 15.2. The van der Waals surface area contributed by atoms with Crippen molar-refractivity contribution in [2.24, 2.45) is 0 Å². The van der Waals surface area contributed by atoms with Crippen molar-refractivity contribution in [3.8, 4) is 0 Å². The third-order valence-corrected chi connectivity index (χ3v) is 6.99. The van der Waals surface area contributed by atoms with Gasteiger partial charge in [0.05, 0.1) is 11.8 Å². The van der Waals surface area contributed by atoms with Gasteiger partial charge in [-0.15, -0.1) is 16.8 Å². The monoisotopic (exact) mass is 603 g/mol. The van der Waals surface area contributed by atoms with Crippen molar-refractivity contribution in [2.45, 2.75) is 51.4 Å². The van der Waals surface area contributed by atoms with Crippen LogP contribution < -0.4 is 10.6 Å². The molecule has 3 rings (SSSR count). The van der Waals surface area contributed by atoms with Crippen LogP contribution in [0, 0.1) is 10.5 Å². The number of thioether (sulfide) groups is 1. The summed E-state index contributed by atoms with van der Waals surface area (Å²) in [7, 11) is 0. The van der Waals surface area contributed by atoms with E-state index < -0.39 is 0 Å². The van der Waals surface area contributed by atoms with Crippen molar-refractivity contribution in [3.05, 3.63) is 81.2 Å². The topological polar surface area (TPSA) is 88.9 Å². The van der Waals surface area contributed by atoms with E-state index in [1.54, 1.807) is 18.2 Å². The fraction of sp³-hybridized carbons (Fsp3) is 0.308. The summed E-state index contributed by atoms with van der Waals surface area (Å²) in [5.74, 6) is 0.782. The van der Waals surface area contributed by atoms with Crippen LogP contribution in [0.2, 0.25) is 0 Å². The first-order valence-corrected chi connectivity index (χ1v) is 13.4. The van der Waals surface area contributed by atoms with Gasteiger partial charge in [-0.2, -0.15) is 0 Å². The Kier molecular flexibility index (Phi) is 9.50. The Balaban J connectivity index is 1.68. The van der Waals surface area contributed by atoms with Crippen molar-refractivity contribution in [1.29, 1.82) is 0 Å². The molecule has 3 aromatic rings. The molecule has 184 valence electrons. The molecule has 0 fully saturated rings. The first-order valence-electron chi connectivity index (χ1n) is 11.3. The van der Waals surface area contributed by atoms with Gasteiger partial charge >= 0.3 is 0 Å². The smallest absolute Gasteiger partial charge is 0.251 e. The molecule has 0 saturated carbocycles. The molecule has 0 spiro atoms. The van der Waals surface area contributed by atoms with Crippen LogP contribution in [0.4, 0.5) is 5.69 Å². The zero-order valence-electron chi connectivity index (χ0n) is 20.3. The number of aromatic nitrogens is 3. The maximum Gasteiger partial charge on any atom is 0.251 e. The van der Waals surface area contributed by atoms with Crippen molar-refractivity contribution in [1.82, 2.24) is 20.1 Å². The van der Waals surface area contributed by atoms with Crippen LogP contribution >= 0.6 is 34.4 Å². The summed E-state index contributed by atoms with van der Waals surface area (Å²) in [5.41, 5.74) is 3.60. The molecular weight excluding hydrogens is 573 g/mol. The average Bonchev–Trinajstić information content (AvgIpc) is 3.22. The molecule has 0 aliphatic carbocycles. The lowest BCUT2D eigenvalue weighted by molar-refractivity contribution is -0.113. The number of benzene rings is 2. The zero-order valence-corrected chi connectivity index (χ0v) is 23.3. The zero-order chi connectivity index (χ0) is 25.5. The first-order chi connectivity index (χ1) is 16.7. The predicted octanol–water partition coefficient (Wildman–Crippen LogP) is 5.72. The van der Waals surface area contributed by atoms with Crippen molar-refractivity contribution >= 4 is 51.9 Å². The van der Waals surface area contributed by atoms with Gasteiger partial charge in [0.1, 0.15) is 0 Å². The number of nitrogens with zero attached hydrogens (tertiary/aromatic N) is 3. The number of nitrogens with one attached hydrogen (secondary N) is 2. The minimum absolute atomic E-state index is 0.117. The van der Waals surface area contributed by atoms with Crippen LogP contribution in [0.1, 0.15) is 60.0 Å². The van der Waals surface area contributed by atoms with E-state index in [-0.39, 0.29) is 23.6 Å². The van der Waals surface area contributed by atoms with Gasteiger partial charge in [-0.3, -0.25) is 9.59 Å². The fourth-order valence-electron chi connectivity index (χ4n) is 3.52. The number of hydrogen-bond donors (Lipinski definition) is 2. The summed E-state index contributed by atoms with van der Waals surface area (Å²) in [6.45, 7) is 12.3. The van der Waals surface area contributed by atoms with Crippen LogP contribution in [-0.4, -0.2) is 32.3 Å². The highest BCUT2D eigenvalue weighted by molar-refractivity contribution is 14.1. The number of allylic oxidation sites excluding steroid dienone is 1. The van der Waals surface area contributed by atoms with Crippen molar-refractivity contribution < 1.29 is 9.59 Å². The van der Waals surface area contributed by atoms with Gasteiger partial charge < -0.3 is 15.2 Å². The molecule has 9 heteroatoms. The minimum Gasteiger partial charge on any atom is -0.342 e. The highest BCUT2D eigenvalue weighted by Gasteiger charge is 2.21. The molecule has 0 unspecified atom stereocenters. The van der Waals surface area contributed by atoms with E-state index in [0.717, 1.165) is 20.4 Å². The van der Waals surface area contributed by atoms with Gasteiger partial charge in [0.2, 0.25) is 5.91 Å². The molecule has 2 aromatic carbocycles. The Labute approximate surface area is 224 Å². The Morgan fingerprint density at radius 3 is 2.51 bits per heavy atom. The number of amides is 2. The highest BCUT2D eigenvalue weighted by Crippen LogP contribution is 2.27. The molecule has 35 heavy (non-hydrogen) atoms. The molecule has 2 N–H and O–H groups in total. The third-order valence-electron chi connectivity index (χ3n) is 5.35. The van der Waals surface area contributed by atoms with Gasteiger partial charge in [0.15, 0.2) is 11.0 Å². The van der Waals surface area contributed by atoms with Crippen LogP contribution in [0.15, 0.2) is 60.3 Å². The van der Waals surface area contributed by atoms with E-state index in [1.807, 2.05) is 42.7 Å². The summed E-state index contributed by atoms with van der Waals surface area (Å²) >= 11 is 3.58. The van der Waals surface area contributed by atoms with Crippen LogP contribution in [0.25, 0.3) is 0 Å². The van der Waals surface area contributed by atoms with Crippen molar-refractivity contribution in [2.75, 3.05) is 11.1 Å². The van der Waals surface area contributed by atoms with Crippen molar-refractivity contribution in [3.63, 3.8) is 0 Å². The Morgan fingerprint density at radius 1 is 1.14 bits per heavy atom. The molecular formula is C26H30IN5O2S. The average molecular weight is 604 g/mol. The number of aryl methyl sites for hydroxylation is 1. The molecule has 0 bridgehead atoms. The lowest BCUT2D eigenvalue weighted by atomic mass is 10.0. The second-order valence-electron chi connectivity index (χ2n) is 8.52. The summed E-state index contributed by atoms with van der Waals surface area (Å²) in [6.07, 6.45) is 1.74. The van der Waals surface area contributed by atoms with Gasteiger partial charge in [0.25, 0.3) is 5.91 Å². The Hall–Kier alpha value is -2.66. The standard InChI is InChI=1S/C26H30IN5O2S/c1-6-13-32-24(18(5)28-25(34)19-9-7-17(4)8-10-19)30-31-26(32)35-15-23(33)29-22-12-11-20(27)14-21(22)16(2)3/h6-12,14,16,18H,1,13,15H2,2-5H3,(H,28,34)(H,29,33)/t18-/m0/s1. The second-order valence-corrected chi connectivity index (χ2v) is 10.7. The normalized spacial score (nSPS) is 11.8. The number of rotatable bonds is 10. The van der Waals surface area contributed by atoms with Crippen LogP contribution in [-0.2, 0) is 11.3 Å². The summed E-state index contributed by atoms with van der Waals surface area (Å²) in [6, 6.07) is 13.0. The second kappa shape index (κ2) is 12.3. The number of carbonyl (C=O) groups excluding carboxylic acids is 2. The van der Waals surface area contributed by atoms with Crippen LogP contribution in [0.5, 0.6) is 0 Å². The molecule has 1 atom stereocenters. The Bertz CT molecular complexity index is 1210. The molecule has 2 amide bonds. The molecule has 1 heterocycles. The summed E-state index contributed by atoms with van der Waals surface area (Å²) < 4.78 is 3.00. The van der Waals surface area contributed by atoms with Gasteiger partial charge in [-0.05, 0) is 78.3 Å². The largest absolute Gasteiger partial charge is 0.342 e. The molecule has 7 nitrogen and oxygen atoms in total. The molecule has 0 saturated heterocycles. The molecule has 0 aliphatic heterocycles. The van der Waals surface area contributed by atoms with Gasteiger partial charge in [-0.25, -0.2) is 0 Å². The van der Waals surface area contributed by atoms with Gasteiger partial charge in [-0.1, -0.05) is 49.4 Å². The molecule has 0 aliphatic rings. The quantitative estimate of drug-likeness (QED) is 0.176. The molecule has 1 aromatic heterocycles. The van der Waals surface area contributed by atoms with Gasteiger partial charge in [0, 0.05) is 21.4 Å². The number of hydrogen-bond acceptors (Lipinski definition) is 5. The molecule has 0 radical (unpaired) electrons. The SMILES string of the molecule is C=CCn1c(SCC(=O)Nc2ccc(I)cc2C(C)C)nnc1[C@H](C)NC(=O)c1ccc(C)cc1. The number of anilines is 1. The van der Waals surface area contributed by atoms with E-state index >= 15 is 0 Å². The van der Waals surface area contributed by atoms with Crippen LogP contribution in [0.3, 0.4) is 0 Å². The lowest BCUT2D eigenvalue weighted by Crippen LogP contribution is -2.28. The number of carbonyl (C=O) groups is 2. The van der Waals surface area contributed by atoms with E-state index in [2.05, 4.69) is 69.9 Å². The van der Waals surface area contributed by atoms with E-state index in [4.69, 9.17) is 0 Å². The first kappa shape index (κ1) is 26.9. The highest BCUT2D eigenvalue weighted by atomic mass is 127. The predicted molar refractivity (Wildman–Crippen MR) is 150 cm³/mol.